The van der Waals surface area contributed by atoms with E-state index in [-0.39, 0.29) is 12.1 Å². The van der Waals surface area contributed by atoms with Gasteiger partial charge in [-0.1, -0.05) is 6.92 Å². The van der Waals surface area contributed by atoms with Gasteiger partial charge in [0.1, 0.15) is 0 Å². The molecule has 0 saturated heterocycles. The standard InChI is InChI=1S/C12H22N2O/c1-4-6-14-7-5-11(9-14)8-13-12(2,3)10-15/h5,7,9,13,15H,4,6,8,10H2,1-3H3. The molecule has 0 aliphatic heterocycles. The normalized spacial score (nSPS) is 12.0. The molecule has 0 aliphatic carbocycles. The Kier molecular flexibility index (Phi) is 4.36. The quantitative estimate of drug-likeness (QED) is 0.750. The summed E-state index contributed by atoms with van der Waals surface area (Å²) < 4.78 is 2.20. The highest BCUT2D eigenvalue weighted by molar-refractivity contribution is 5.10. The molecule has 1 rings (SSSR count). The average molecular weight is 210 g/mol. The highest BCUT2D eigenvalue weighted by atomic mass is 16.3. The minimum atomic E-state index is -0.202. The number of aromatic nitrogens is 1. The topological polar surface area (TPSA) is 37.2 Å². The smallest absolute Gasteiger partial charge is 0.0607 e. The molecule has 0 amide bonds. The average Bonchev–Trinajstić information content (AvgIpc) is 2.64. The molecule has 1 heterocycles. The number of rotatable bonds is 6. The van der Waals surface area contributed by atoms with Gasteiger partial charge in [0.2, 0.25) is 0 Å². The van der Waals surface area contributed by atoms with Gasteiger partial charge in [-0.05, 0) is 31.9 Å². The zero-order valence-electron chi connectivity index (χ0n) is 9.95. The first kappa shape index (κ1) is 12.3. The highest BCUT2D eigenvalue weighted by Gasteiger charge is 2.14. The van der Waals surface area contributed by atoms with Crippen LogP contribution in [0, 0.1) is 0 Å². The van der Waals surface area contributed by atoms with Gasteiger partial charge in [0, 0.05) is 31.0 Å². The molecule has 0 fully saturated rings. The molecule has 3 nitrogen and oxygen atoms in total. The van der Waals surface area contributed by atoms with E-state index in [1.807, 2.05) is 13.8 Å². The van der Waals surface area contributed by atoms with Gasteiger partial charge in [-0.2, -0.15) is 0 Å². The predicted molar refractivity (Wildman–Crippen MR) is 62.7 cm³/mol. The molecule has 3 heteroatoms. The fraction of sp³-hybridized carbons (Fsp3) is 0.667. The van der Waals surface area contributed by atoms with E-state index in [0.29, 0.717) is 0 Å². The van der Waals surface area contributed by atoms with Crippen molar-refractivity contribution in [1.29, 1.82) is 0 Å². The molecular formula is C12H22N2O. The minimum Gasteiger partial charge on any atom is -0.394 e. The van der Waals surface area contributed by atoms with Crippen molar-refractivity contribution in [3.63, 3.8) is 0 Å². The van der Waals surface area contributed by atoms with Crippen molar-refractivity contribution in [1.82, 2.24) is 9.88 Å². The molecule has 0 atom stereocenters. The van der Waals surface area contributed by atoms with Crippen LogP contribution in [0.15, 0.2) is 18.5 Å². The second-order valence-corrected chi connectivity index (χ2v) is 4.65. The Labute approximate surface area is 92.1 Å². The first-order valence-corrected chi connectivity index (χ1v) is 5.58. The van der Waals surface area contributed by atoms with Gasteiger partial charge < -0.3 is 15.0 Å². The summed E-state index contributed by atoms with van der Waals surface area (Å²) in [6.45, 7) is 8.20. The molecule has 0 saturated carbocycles. The maximum Gasteiger partial charge on any atom is 0.0607 e. The van der Waals surface area contributed by atoms with E-state index < -0.39 is 0 Å². The van der Waals surface area contributed by atoms with Crippen LogP contribution in [-0.2, 0) is 13.1 Å². The zero-order valence-corrected chi connectivity index (χ0v) is 9.95. The Morgan fingerprint density at radius 1 is 1.47 bits per heavy atom. The summed E-state index contributed by atoms with van der Waals surface area (Å²) >= 11 is 0. The Hall–Kier alpha value is -0.800. The molecule has 2 N–H and O–H groups in total. The van der Waals surface area contributed by atoms with Crippen molar-refractivity contribution in [2.75, 3.05) is 6.61 Å². The Morgan fingerprint density at radius 2 is 2.20 bits per heavy atom. The number of nitrogens with zero attached hydrogens (tertiary/aromatic N) is 1. The highest BCUT2D eigenvalue weighted by Crippen LogP contribution is 2.06. The van der Waals surface area contributed by atoms with Crippen LogP contribution in [0.4, 0.5) is 0 Å². The van der Waals surface area contributed by atoms with E-state index in [9.17, 15) is 0 Å². The lowest BCUT2D eigenvalue weighted by Gasteiger charge is -2.23. The first-order chi connectivity index (χ1) is 7.07. The van der Waals surface area contributed by atoms with Gasteiger partial charge in [0.25, 0.3) is 0 Å². The number of aliphatic hydroxyl groups excluding tert-OH is 1. The van der Waals surface area contributed by atoms with E-state index in [4.69, 9.17) is 5.11 Å². The van der Waals surface area contributed by atoms with Crippen LogP contribution >= 0.6 is 0 Å². The molecule has 86 valence electrons. The van der Waals surface area contributed by atoms with Crippen LogP contribution in [0.2, 0.25) is 0 Å². The second kappa shape index (κ2) is 5.33. The maximum atomic E-state index is 9.09. The second-order valence-electron chi connectivity index (χ2n) is 4.65. The van der Waals surface area contributed by atoms with Crippen molar-refractivity contribution in [3.05, 3.63) is 24.0 Å². The monoisotopic (exact) mass is 210 g/mol. The third kappa shape index (κ3) is 4.06. The van der Waals surface area contributed by atoms with Crippen LogP contribution in [0.1, 0.15) is 32.8 Å². The summed E-state index contributed by atoms with van der Waals surface area (Å²) in [5, 5.41) is 12.4. The van der Waals surface area contributed by atoms with Gasteiger partial charge in [-0.25, -0.2) is 0 Å². The molecule has 0 aliphatic rings. The van der Waals surface area contributed by atoms with Crippen molar-refractivity contribution in [2.45, 2.75) is 45.8 Å². The van der Waals surface area contributed by atoms with E-state index in [1.54, 1.807) is 0 Å². The third-order valence-electron chi connectivity index (χ3n) is 2.46. The molecular weight excluding hydrogens is 188 g/mol. The van der Waals surface area contributed by atoms with Gasteiger partial charge >= 0.3 is 0 Å². The van der Waals surface area contributed by atoms with Crippen molar-refractivity contribution >= 4 is 0 Å². The fourth-order valence-corrected chi connectivity index (χ4v) is 1.39. The van der Waals surface area contributed by atoms with E-state index in [2.05, 4.69) is 35.3 Å². The van der Waals surface area contributed by atoms with E-state index >= 15 is 0 Å². The number of aliphatic hydroxyl groups is 1. The molecule has 0 aromatic carbocycles. The Bertz CT molecular complexity index is 292. The summed E-state index contributed by atoms with van der Waals surface area (Å²) in [5.41, 5.74) is 1.07. The molecule has 15 heavy (non-hydrogen) atoms. The van der Waals surface area contributed by atoms with Crippen LogP contribution in [-0.4, -0.2) is 21.8 Å². The number of nitrogens with one attached hydrogen (secondary N) is 1. The Morgan fingerprint density at radius 3 is 2.80 bits per heavy atom. The summed E-state index contributed by atoms with van der Waals surface area (Å²) in [6, 6.07) is 2.12. The molecule has 0 radical (unpaired) electrons. The summed E-state index contributed by atoms with van der Waals surface area (Å²) in [6.07, 6.45) is 5.42. The minimum absolute atomic E-state index is 0.155. The third-order valence-corrected chi connectivity index (χ3v) is 2.46. The molecule has 0 unspecified atom stereocenters. The van der Waals surface area contributed by atoms with Crippen LogP contribution < -0.4 is 5.32 Å². The first-order valence-electron chi connectivity index (χ1n) is 5.58. The van der Waals surface area contributed by atoms with E-state index in [1.165, 1.54) is 5.56 Å². The largest absolute Gasteiger partial charge is 0.394 e. The van der Waals surface area contributed by atoms with Gasteiger partial charge in [-0.15, -0.1) is 0 Å². The van der Waals surface area contributed by atoms with Crippen LogP contribution in [0.25, 0.3) is 0 Å². The SMILES string of the molecule is CCCn1ccc(CNC(C)(C)CO)c1. The maximum absolute atomic E-state index is 9.09. The molecule has 1 aromatic rings. The van der Waals surface area contributed by atoms with Gasteiger partial charge in [0.05, 0.1) is 6.61 Å². The summed E-state index contributed by atoms with van der Waals surface area (Å²) in [4.78, 5) is 0. The number of hydrogen-bond acceptors (Lipinski definition) is 2. The molecule has 1 aromatic heterocycles. The lowest BCUT2D eigenvalue weighted by Crippen LogP contribution is -2.41. The van der Waals surface area contributed by atoms with Crippen LogP contribution in [0.5, 0.6) is 0 Å². The number of aryl methyl sites for hydroxylation is 1. The fourth-order valence-electron chi connectivity index (χ4n) is 1.39. The Balaban J connectivity index is 2.44. The molecule has 0 bridgehead atoms. The lowest BCUT2D eigenvalue weighted by atomic mass is 10.1. The molecule has 0 spiro atoms. The predicted octanol–water partition coefficient (Wildman–Crippen LogP) is 1.76. The lowest BCUT2D eigenvalue weighted by molar-refractivity contribution is 0.187. The summed E-state index contributed by atoms with van der Waals surface area (Å²) in [7, 11) is 0. The van der Waals surface area contributed by atoms with Gasteiger partial charge in [0.15, 0.2) is 0 Å². The van der Waals surface area contributed by atoms with Crippen LogP contribution in [0.3, 0.4) is 0 Å². The van der Waals surface area contributed by atoms with E-state index in [0.717, 1.165) is 19.5 Å². The zero-order chi connectivity index (χ0) is 11.3. The van der Waals surface area contributed by atoms with Crippen molar-refractivity contribution in [3.8, 4) is 0 Å². The number of hydrogen-bond donors (Lipinski definition) is 2. The van der Waals surface area contributed by atoms with Crippen molar-refractivity contribution < 1.29 is 5.11 Å². The van der Waals surface area contributed by atoms with Gasteiger partial charge in [-0.3, -0.25) is 0 Å². The van der Waals surface area contributed by atoms with Crippen molar-refractivity contribution in [2.24, 2.45) is 0 Å². The summed E-state index contributed by atoms with van der Waals surface area (Å²) in [5.74, 6) is 0.